The number of hydrogen-bond donors (Lipinski definition) is 1. The van der Waals surface area contributed by atoms with Crippen LogP contribution in [0.25, 0.3) is 0 Å². The second-order valence-corrected chi connectivity index (χ2v) is 7.39. The summed E-state index contributed by atoms with van der Waals surface area (Å²) < 4.78 is 22.1. The van der Waals surface area contributed by atoms with Gasteiger partial charge in [-0.2, -0.15) is 0 Å². The second kappa shape index (κ2) is 12.7. The molecule has 0 heterocycles. The van der Waals surface area contributed by atoms with Crippen LogP contribution < -0.4 is 19.5 Å². The van der Waals surface area contributed by atoms with Crippen LogP contribution in [0.5, 0.6) is 17.2 Å². The van der Waals surface area contributed by atoms with Gasteiger partial charge in [-0.1, -0.05) is 47.2 Å². The minimum atomic E-state index is -0.883. The molecule has 1 amide bonds. The van der Waals surface area contributed by atoms with Crippen LogP contribution in [0.4, 0.5) is 0 Å². The minimum absolute atomic E-state index is 0.0176. The van der Waals surface area contributed by atoms with Gasteiger partial charge in [0.2, 0.25) is 0 Å². The molecular weight excluding hydrogens is 453 g/mol. The van der Waals surface area contributed by atoms with E-state index < -0.39 is 12.2 Å². The van der Waals surface area contributed by atoms with Crippen LogP contribution in [0, 0.1) is 24.7 Å². The fourth-order valence-electron chi connectivity index (χ4n) is 2.69. The predicted molar refractivity (Wildman–Crippen MR) is 124 cm³/mol. The van der Waals surface area contributed by atoms with Gasteiger partial charge in [-0.3, -0.25) is 4.79 Å². The van der Waals surface area contributed by atoms with Crippen molar-refractivity contribution in [3.8, 4) is 41.9 Å². The summed E-state index contributed by atoms with van der Waals surface area (Å²) >= 11 is 12.2. The number of carbonyl (C=O) groups excluding carboxylic acids is 1. The molecule has 2 aromatic carbocycles. The summed E-state index contributed by atoms with van der Waals surface area (Å²) in [5.74, 6) is 5.57. The summed E-state index contributed by atoms with van der Waals surface area (Å²) in [7, 11) is 1.49. The molecule has 0 aromatic heterocycles. The molecule has 0 saturated carbocycles. The molecule has 0 saturated heterocycles. The van der Waals surface area contributed by atoms with Gasteiger partial charge in [0, 0.05) is 17.2 Å². The lowest BCUT2D eigenvalue weighted by Crippen LogP contribution is -2.37. The Labute approximate surface area is 198 Å². The Bertz CT molecular complexity index is 995. The Morgan fingerprint density at radius 1 is 1.06 bits per heavy atom. The zero-order valence-electron chi connectivity index (χ0n) is 17.7. The number of methoxy groups -OCH3 is 1. The highest BCUT2D eigenvalue weighted by molar-refractivity contribution is 6.32. The fourth-order valence-corrected chi connectivity index (χ4v) is 3.01. The number of terminal acetylenes is 2. The van der Waals surface area contributed by atoms with Gasteiger partial charge < -0.3 is 24.3 Å². The molecule has 1 N–H and O–H groups in total. The maximum absolute atomic E-state index is 12.7. The van der Waals surface area contributed by atoms with Crippen molar-refractivity contribution < 1.29 is 23.7 Å². The molecule has 32 heavy (non-hydrogen) atoms. The van der Waals surface area contributed by atoms with E-state index in [9.17, 15) is 4.79 Å². The average molecular weight is 476 g/mol. The molecule has 6 nitrogen and oxygen atoms in total. The standard InChI is InChI=1S/C24H23Cl2NO5/c1-5-11-30-22-13-19(26)20(14-21(22)29-4)32-16(3)15-27-24(28)23(31-12-6-2)17-7-9-18(25)10-8-17/h1-2,7-10,13-14,16,23H,11-12,15H2,3-4H3,(H,27,28). The highest BCUT2D eigenvalue weighted by Crippen LogP contribution is 2.38. The molecule has 0 aliphatic carbocycles. The van der Waals surface area contributed by atoms with Gasteiger partial charge >= 0.3 is 0 Å². The van der Waals surface area contributed by atoms with E-state index in [4.69, 9.17) is 55.0 Å². The summed E-state index contributed by atoms with van der Waals surface area (Å²) in [5.41, 5.74) is 0.631. The van der Waals surface area contributed by atoms with Crippen molar-refractivity contribution in [2.24, 2.45) is 0 Å². The van der Waals surface area contributed by atoms with Gasteiger partial charge in [0.25, 0.3) is 5.91 Å². The summed E-state index contributed by atoms with van der Waals surface area (Å²) in [6, 6.07) is 9.92. The SMILES string of the molecule is C#CCOc1cc(Cl)c(OC(C)CNC(=O)C(OCC#C)c2ccc(Cl)cc2)cc1OC. The van der Waals surface area contributed by atoms with Crippen molar-refractivity contribution in [2.75, 3.05) is 26.9 Å². The number of benzene rings is 2. The number of rotatable bonds is 11. The third-order valence-electron chi connectivity index (χ3n) is 4.17. The van der Waals surface area contributed by atoms with Crippen LogP contribution in [0.3, 0.4) is 0 Å². The zero-order chi connectivity index (χ0) is 23.5. The van der Waals surface area contributed by atoms with Gasteiger partial charge in [0.05, 0.1) is 18.7 Å². The zero-order valence-corrected chi connectivity index (χ0v) is 19.2. The van der Waals surface area contributed by atoms with E-state index in [0.29, 0.717) is 32.9 Å². The van der Waals surface area contributed by atoms with Crippen molar-refractivity contribution in [1.82, 2.24) is 5.32 Å². The Kier molecular flexibility index (Phi) is 10.0. The molecule has 2 aromatic rings. The molecule has 2 rings (SSSR count). The largest absolute Gasteiger partial charge is 0.493 e. The minimum Gasteiger partial charge on any atom is -0.493 e. The Morgan fingerprint density at radius 2 is 1.75 bits per heavy atom. The van der Waals surface area contributed by atoms with Gasteiger partial charge in [-0.15, -0.1) is 12.8 Å². The highest BCUT2D eigenvalue weighted by Gasteiger charge is 2.22. The lowest BCUT2D eigenvalue weighted by Gasteiger charge is -2.21. The second-order valence-electron chi connectivity index (χ2n) is 6.55. The molecule has 8 heteroatoms. The van der Waals surface area contributed by atoms with Crippen molar-refractivity contribution >= 4 is 29.1 Å². The summed E-state index contributed by atoms with van der Waals surface area (Å²) in [5, 5.41) is 3.66. The predicted octanol–water partition coefficient (Wildman–Crippen LogP) is 4.29. The number of hydrogen-bond acceptors (Lipinski definition) is 5. The number of halogens is 2. The topological polar surface area (TPSA) is 66.0 Å². The lowest BCUT2D eigenvalue weighted by molar-refractivity contribution is -0.132. The molecule has 2 atom stereocenters. The molecule has 0 spiro atoms. The molecule has 0 bridgehead atoms. The van der Waals surface area contributed by atoms with Crippen LogP contribution in [-0.4, -0.2) is 38.9 Å². The Balaban J connectivity index is 2.03. The summed E-state index contributed by atoms with van der Waals surface area (Å²) in [6.45, 7) is 2.03. The van der Waals surface area contributed by atoms with Crippen molar-refractivity contribution in [2.45, 2.75) is 19.1 Å². The number of amides is 1. The molecular formula is C24H23Cl2NO5. The first-order valence-electron chi connectivity index (χ1n) is 9.58. The van der Waals surface area contributed by atoms with E-state index in [1.807, 2.05) is 0 Å². The van der Waals surface area contributed by atoms with E-state index in [0.717, 1.165) is 0 Å². The third-order valence-corrected chi connectivity index (χ3v) is 4.71. The number of nitrogens with one attached hydrogen (secondary N) is 1. The van der Waals surface area contributed by atoms with Gasteiger partial charge in [0.15, 0.2) is 17.6 Å². The van der Waals surface area contributed by atoms with Gasteiger partial charge in [0.1, 0.15) is 25.1 Å². The highest BCUT2D eigenvalue weighted by atomic mass is 35.5. The lowest BCUT2D eigenvalue weighted by atomic mass is 10.1. The number of carbonyl (C=O) groups is 1. The molecule has 0 radical (unpaired) electrons. The van der Waals surface area contributed by atoms with Crippen LogP contribution in [0.2, 0.25) is 10.0 Å². The van der Waals surface area contributed by atoms with Crippen LogP contribution >= 0.6 is 23.2 Å². The van der Waals surface area contributed by atoms with Crippen LogP contribution in [-0.2, 0) is 9.53 Å². The van der Waals surface area contributed by atoms with Gasteiger partial charge in [-0.25, -0.2) is 0 Å². The van der Waals surface area contributed by atoms with Crippen LogP contribution in [0.1, 0.15) is 18.6 Å². The van der Waals surface area contributed by atoms with Crippen LogP contribution in [0.15, 0.2) is 36.4 Å². The van der Waals surface area contributed by atoms with E-state index in [-0.39, 0.29) is 25.7 Å². The number of ether oxygens (including phenoxy) is 4. The molecule has 0 aliphatic heterocycles. The van der Waals surface area contributed by atoms with Gasteiger partial charge in [-0.05, 0) is 24.6 Å². The Hall–Kier alpha value is -3.03. The maximum Gasteiger partial charge on any atom is 0.253 e. The summed E-state index contributed by atoms with van der Waals surface area (Å²) in [4.78, 5) is 12.7. The van der Waals surface area contributed by atoms with Crippen molar-refractivity contribution in [3.05, 3.63) is 52.0 Å². The normalized spacial score (nSPS) is 12.1. The first kappa shape index (κ1) is 25.2. The molecule has 0 aliphatic rings. The van der Waals surface area contributed by atoms with E-state index in [1.165, 1.54) is 7.11 Å². The first-order chi connectivity index (χ1) is 15.4. The van der Waals surface area contributed by atoms with Crippen molar-refractivity contribution in [1.29, 1.82) is 0 Å². The first-order valence-corrected chi connectivity index (χ1v) is 10.3. The quantitative estimate of drug-likeness (QED) is 0.491. The van der Waals surface area contributed by atoms with Crippen molar-refractivity contribution in [3.63, 3.8) is 0 Å². The Morgan fingerprint density at radius 3 is 2.38 bits per heavy atom. The molecule has 0 fully saturated rings. The third kappa shape index (κ3) is 7.28. The average Bonchev–Trinajstić information content (AvgIpc) is 2.79. The monoisotopic (exact) mass is 475 g/mol. The van der Waals surface area contributed by atoms with E-state index in [1.54, 1.807) is 43.3 Å². The molecule has 2 unspecified atom stereocenters. The summed E-state index contributed by atoms with van der Waals surface area (Å²) in [6.07, 6.45) is 9.19. The van der Waals surface area contributed by atoms with E-state index >= 15 is 0 Å². The maximum atomic E-state index is 12.7. The molecule has 168 valence electrons. The smallest absolute Gasteiger partial charge is 0.253 e. The fraction of sp³-hybridized carbons (Fsp3) is 0.292. The van der Waals surface area contributed by atoms with E-state index in [2.05, 4.69) is 17.2 Å².